The van der Waals surface area contributed by atoms with Crippen LogP contribution in [0.25, 0.3) is 0 Å². The largest absolute Gasteiger partial charge is 0.369 e. The molecule has 3 rings (SSSR count). The molecule has 7 heteroatoms. The number of benzene rings is 2. The minimum absolute atomic E-state index is 0.0946. The van der Waals surface area contributed by atoms with Crippen LogP contribution in [-0.2, 0) is 4.79 Å². The fourth-order valence-corrected chi connectivity index (χ4v) is 3.57. The molecule has 1 N–H and O–H groups in total. The Bertz CT molecular complexity index is 876. The van der Waals surface area contributed by atoms with Crippen molar-refractivity contribution < 1.29 is 9.72 Å². The first-order valence-electron chi connectivity index (χ1n) is 9.48. The van der Waals surface area contributed by atoms with Crippen molar-refractivity contribution in [2.45, 2.75) is 26.8 Å². The van der Waals surface area contributed by atoms with E-state index in [1.54, 1.807) is 18.2 Å². The van der Waals surface area contributed by atoms with Gasteiger partial charge in [-0.25, -0.2) is 0 Å². The average molecular weight is 382 g/mol. The molecule has 1 saturated heterocycles. The van der Waals surface area contributed by atoms with Crippen LogP contribution in [0.1, 0.15) is 18.1 Å². The predicted octanol–water partition coefficient (Wildman–Crippen LogP) is 3.36. The summed E-state index contributed by atoms with van der Waals surface area (Å²) in [7, 11) is 0. The van der Waals surface area contributed by atoms with Crippen LogP contribution in [0, 0.1) is 24.0 Å². The van der Waals surface area contributed by atoms with Gasteiger partial charge in [-0.1, -0.05) is 24.3 Å². The highest BCUT2D eigenvalue weighted by Crippen LogP contribution is 2.25. The van der Waals surface area contributed by atoms with E-state index in [0.717, 1.165) is 26.2 Å². The van der Waals surface area contributed by atoms with Gasteiger partial charge in [-0.15, -0.1) is 0 Å². The van der Waals surface area contributed by atoms with Gasteiger partial charge in [-0.2, -0.15) is 0 Å². The number of aryl methyl sites for hydroxylation is 1. The Hall–Kier alpha value is -2.93. The Labute approximate surface area is 165 Å². The number of carbonyl (C=O) groups is 1. The molecule has 1 heterocycles. The first-order valence-corrected chi connectivity index (χ1v) is 9.48. The maximum atomic E-state index is 12.6. The van der Waals surface area contributed by atoms with E-state index in [2.05, 4.69) is 47.2 Å². The minimum atomic E-state index is -0.483. The average Bonchev–Trinajstić information content (AvgIpc) is 2.70. The van der Waals surface area contributed by atoms with E-state index in [1.807, 2.05) is 6.92 Å². The molecule has 1 aliphatic heterocycles. The molecule has 0 spiro atoms. The molecular formula is C21H26N4O3. The Balaban J connectivity index is 1.62. The summed E-state index contributed by atoms with van der Waals surface area (Å²) in [5.74, 6) is -0.227. The van der Waals surface area contributed by atoms with Crippen LogP contribution in [0.2, 0.25) is 0 Å². The van der Waals surface area contributed by atoms with Gasteiger partial charge in [0, 0.05) is 37.9 Å². The molecule has 0 saturated carbocycles. The molecule has 0 aromatic heterocycles. The third-order valence-corrected chi connectivity index (χ3v) is 5.52. The molecule has 0 bridgehead atoms. The van der Waals surface area contributed by atoms with Crippen LogP contribution in [0.4, 0.5) is 17.1 Å². The normalized spacial score (nSPS) is 15.9. The number of hydrogen-bond donors (Lipinski definition) is 1. The van der Waals surface area contributed by atoms with Gasteiger partial charge >= 0.3 is 0 Å². The summed E-state index contributed by atoms with van der Waals surface area (Å²) < 4.78 is 0. The number of piperazine rings is 1. The summed E-state index contributed by atoms with van der Waals surface area (Å²) in [5.41, 5.74) is 3.95. The molecule has 0 radical (unpaired) electrons. The van der Waals surface area contributed by atoms with Gasteiger partial charge in [-0.3, -0.25) is 19.8 Å². The highest BCUT2D eigenvalue weighted by atomic mass is 16.6. The predicted molar refractivity (Wildman–Crippen MR) is 111 cm³/mol. The zero-order valence-corrected chi connectivity index (χ0v) is 16.5. The fourth-order valence-electron chi connectivity index (χ4n) is 3.57. The van der Waals surface area contributed by atoms with Crippen LogP contribution in [0.5, 0.6) is 0 Å². The number of hydrogen-bond acceptors (Lipinski definition) is 5. The van der Waals surface area contributed by atoms with Crippen molar-refractivity contribution in [1.29, 1.82) is 0 Å². The molecule has 0 unspecified atom stereocenters. The second-order valence-corrected chi connectivity index (χ2v) is 7.18. The van der Waals surface area contributed by atoms with Crippen molar-refractivity contribution >= 4 is 23.0 Å². The smallest absolute Gasteiger partial charge is 0.292 e. The zero-order chi connectivity index (χ0) is 20.3. The number of nitro groups is 1. The van der Waals surface area contributed by atoms with E-state index < -0.39 is 4.92 Å². The lowest BCUT2D eigenvalue weighted by Gasteiger charge is -2.39. The lowest BCUT2D eigenvalue weighted by atomic mass is 10.1. The molecule has 1 aliphatic rings. The number of para-hydroxylation sites is 2. The summed E-state index contributed by atoms with van der Waals surface area (Å²) in [6.45, 7) is 9.31. The van der Waals surface area contributed by atoms with Crippen molar-refractivity contribution in [3.8, 4) is 0 Å². The molecule has 1 atom stereocenters. The molecule has 2 aromatic rings. The van der Waals surface area contributed by atoms with Gasteiger partial charge in [0.1, 0.15) is 5.69 Å². The summed E-state index contributed by atoms with van der Waals surface area (Å²) in [6, 6.07) is 12.2. The van der Waals surface area contributed by atoms with Gasteiger partial charge in [-0.05, 0) is 44.0 Å². The third kappa shape index (κ3) is 4.14. The quantitative estimate of drug-likeness (QED) is 0.634. The molecule has 7 nitrogen and oxygen atoms in total. The van der Waals surface area contributed by atoms with Gasteiger partial charge in [0.05, 0.1) is 11.0 Å². The second kappa shape index (κ2) is 8.39. The summed E-state index contributed by atoms with van der Waals surface area (Å²) in [6.07, 6.45) is 0. The SMILES string of the molecule is Cc1cccc(N2CCN([C@H](C)C(=O)Nc3ccccc3[N+](=O)[O-])CC2)c1C. The number of nitro benzene ring substituents is 1. The summed E-state index contributed by atoms with van der Waals surface area (Å²) in [4.78, 5) is 27.8. The summed E-state index contributed by atoms with van der Waals surface area (Å²) >= 11 is 0. The van der Waals surface area contributed by atoms with E-state index in [-0.39, 0.29) is 23.3 Å². The molecule has 0 aliphatic carbocycles. The fraction of sp³-hybridized carbons (Fsp3) is 0.381. The van der Waals surface area contributed by atoms with Gasteiger partial charge < -0.3 is 10.2 Å². The van der Waals surface area contributed by atoms with Crippen molar-refractivity contribution in [3.63, 3.8) is 0 Å². The molecule has 148 valence electrons. The molecule has 2 aromatic carbocycles. The first kappa shape index (κ1) is 19.8. The van der Waals surface area contributed by atoms with Crippen molar-refractivity contribution in [2.24, 2.45) is 0 Å². The van der Waals surface area contributed by atoms with Gasteiger partial charge in [0.25, 0.3) is 5.69 Å². The number of rotatable bonds is 5. The second-order valence-electron chi connectivity index (χ2n) is 7.18. The number of anilines is 2. The van der Waals surface area contributed by atoms with E-state index in [9.17, 15) is 14.9 Å². The maximum absolute atomic E-state index is 12.6. The summed E-state index contributed by atoms with van der Waals surface area (Å²) in [5, 5.41) is 13.8. The highest BCUT2D eigenvalue weighted by Gasteiger charge is 2.27. The lowest BCUT2D eigenvalue weighted by Crippen LogP contribution is -2.53. The van der Waals surface area contributed by atoms with Crippen LogP contribution < -0.4 is 10.2 Å². The molecular weight excluding hydrogens is 356 g/mol. The molecule has 28 heavy (non-hydrogen) atoms. The van der Waals surface area contributed by atoms with Gasteiger partial charge in [0.15, 0.2) is 0 Å². The Morgan fingerprint density at radius 2 is 1.75 bits per heavy atom. The maximum Gasteiger partial charge on any atom is 0.292 e. The van der Waals surface area contributed by atoms with E-state index in [4.69, 9.17) is 0 Å². The van der Waals surface area contributed by atoms with E-state index >= 15 is 0 Å². The van der Waals surface area contributed by atoms with Crippen molar-refractivity contribution in [1.82, 2.24) is 4.90 Å². The van der Waals surface area contributed by atoms with Crippen LogP contribution in [0.15, 0.2) is 42.5 Å². The van der Waals surface area contributed by atoms with Crippen LogP contribution in [0.3, 0.4) is 0 Å². The Morgan fingerprint density at radius 3 is 2.43 bits per heavy atom. The topological polar surface area (TPSA) is 78.7 Å². The Morgan fingerprint density at radius 1 is 1.07 bits per heavy atom. The van der Waals surface area contributed by atoms with Crippen LogP contribution in [-0.4, -0.2) is 48.0 Å². The number of amides is 1. The highest BCUT2D eigenvalue weighted by molar-refractivity contribution is 5.96. The molecule has 1 fully saturated rings. The third-order valence-electron chi connectivity index (χ3n) is 5.52. The van der Waals surface area contributed by atoms with Crippen LogP contribution >= 0.6 is 0 Å². The standard InChI is InChI=1S/C21H26N4O3/c1-15-7-6-10-19(16(15)2)24-13-11-23(12-14-24)17(3)21(26)22-18-8-4-5-9-20(18)25(27)28/h4-10,17H,11-14H2,1-3H3,(H,22,26)/t17-/m1/s1. The molecule has 1 amide bonds. The van der Waals surface area contributed by atoms with Gasteiger partial charge in [0.2, 0.25) is 5.91 Å². The number of nitrogens with zero attached hydrogens (tertiary/aromatic N) is 3. The van der Waals surface area contributed by atoms with E-state index in [0.29, 0.717) is 0 Å². The lowest BCUT2D eigenvalue weighted by molar-refractivity contribution is -0.383. The first-order chi connectivity index (χ1) is 13.4. The van der Waals surface area contributed by atoms with E-state index in [1.165, 1.54) is 22.9 Å². The zero-order valence-electron chi connectivity index (χ0n) is 16.5. The van der Waals surface area contributed by atoms with Crippen molar-refractivity contribution in [2.75, 3.05) is 36.4 Å². The minimum Gasteiger partial charge on any atom is -0.369 e. The number of nitrogens with one attached hydrogen (secondary N) is 1. The van der Waals surface area contributed by atoms with Crippen molar-refractivity contribution in [3.05, 3.63) is 63.7 Å². The Kier molecular flexibility index (Phi) is 5.94. The monoisotopic (exact) mass is 382 g/mol. The number of carbonyl (C=O) groups excluding carboxylic acids is 1.